The summed E-state index contributed by atoms with van der Waals surface area (Å²) in [6.07, 6.45) is 0. The molecule has 1 aliphatic heterocycles. The van der Waals surface area contributed by atoms with E-state index in [1.807, 2.05) is 26.0 Å². The summed E-state index contributed by atoms with van der Waals surface area (Å²) in [5.41, 5.74) is 2.09. The van der Waals surface area contributed by atoms with Crippen molar-refractivity contribution in [1.29, 1.82) is 0 Å². The zero-order valence-corrected chi connectivity index (χ0v) is 13.7. The molecule has 0 atom stereocenters. The van der Waals surface area contributed by atoms with Crippen molar-refractivity contribution in [1.82, 2.24) is 4.98 Å². The molecule has 0 unspecified atom stereocenters. The van der Waals surface area contributed by atoms with Gasteiger partial charge in [-0.15, -0.1) is 11.3 Å². The highest BCUT2D eigenvalue weighted by molar-refractivity contribution is 9.10. The van der Waals surface area contributed by atoms with E-state index in [-0.39, 0.29) is 0 Å². The van der Waals surface area contributed by atoms with E-state index in [1.54, 1.807) is 11.3 Å². The molecule has 2 aromatic rings. The van der Waals surface area contributed by atoms with Crippen molar-refractivity contribution in [2.75, 3.05) is 18.5 Å². The van der Waals surface area contributed by atoms with Gasteiger partial charge in [0.25, 0.3) is 0 Å². The molecule has 106 valence electrons. The molecule has 0 radical (unpaired) electrons. The lowest BCUT2D eigenvalue weighted by molar-refractivity contribution is 0.171. The van der Waals surface area contributed by atoms with Gasteiger partial charge < -0.3 is 14.8 Å². The highest BCUT2D eigenvalue weighted by atomic mass is 79.9. The molecule has 1 N–H and O–H groups in total. The number of benzene rings is 1. The normalized spacial score (nSPS) is 13.3. The Morgan fingerprint density at radius 1 is 1.25 bits per heavy atom. The molecule has 2 heterocycles. The number of halogens is 1. The van der Waals surface area contributed by atoms with E-state index in [9.17, 15) is 0 Å². The molecule has 0 bridgehead atoms. The highest BCUT2D eigenvalue weighted by Gasteiger charge is 2.15. The number of thiazole rings is 1. The van der Waals surface area contributed by atoms with E-state index in [2.05, 4.69) is 26.2 Å². The van der Waals surface area contributed by atoms with Crippen LogP contribution in [0.1, 0.15) is 15.6 Å². The zero-order chi connectivity index (χ0) is 14.1. The Morgan fingerprint density at radius 3 is 2.60 bits per heavy atom. The van der Waals surface area contributed by atoms with Crippen LogP contribution in [0.2, 0.25) is 0 Å². The summed E-state index contributed by atoms with van der Waals surface area (Å²) in [6, 6.07) is 3.92. The number of nitrogens with one attached hydrogen (secondary N) is 1. The third-order valence-electron chi connectivity index (χ3n) is 3.07. The number of ether oxygens (including phenoxy) is 2. The molecule has 1 aromatic heterocycles. The Kier molecular flexibility index (Phi) is 3.85. The Hall–Kier alpha value is -1.27. The maximum Gasteiger partial charge on any atom is 0.163 e. The Morgan fingerprint density at radius 2 is 1.95 bits per heavy atom. The highest BCUT2D eigenvalue weighted by Crippen LogP contribution is 2.38. The minimum Gasteiger partial charge on any atom is -0.486 e. The molecule has 20 heavy (non-hydrogen) atoms. The van der Waals surface area contributed by atoms with Crippen LogP contribution in [-0.4, -0.2) is 18.2 Å². The van der Waals surface area contributed by atoms with Gasteiger partial charge in [0, 0.05) is 21.5 Å². The molecule has 0 saturated carbocycles. The smallest absolute Gasteiger partial charge is 0.163 e. The van der Waals surface area contributed by atoms with E-state index in [4.69, 9.17) is 9.47 Å². The summed E-state index contributed by atoms with van der Waals surface area (Å²) in [5.74, 6) is 1.58. The van der Waals surface area contributed by atoms with Crippen molar-refractivity contribution >= 4 is 33.0 Å². The minimum atomic E-state index is 0.598. The van der Waals surface area contributed by atoms with Crippen molar-refractivity contribution in [3.63, 3.8) is 0 Å². The van der Waals surface area contributed by atoms with Crippen LogP contribution in [0.4, 0.5) is 5.69 Å². The maximum atomic E-state index is 5.60. The summed E-state index contributed by atoms with van der Waals surface area (Å²) in [7, 11) is 0. The zero-order valence-electron chi connectivity index (χ0n) is 11.3. The average Bonchev–Trinajstić information content (AvgIpc) is 2.74. The van der Waals surface area contributed by atoms with Crippen LogP contribution in [-0.2, 0) is 6.54 Å². The first-order valence-corrected chi connectivity index (χ1v) is 8.00. The van der Waals surface area contributed by atoms with Crippen molar-refractivity contribution in [2.24, 2.45) is 0 Å². The molecular formula is C14H15BrN2O2S. The van der Waals surface area contributed by atoms with Gasteiger partial charge in [0.15, 0.2) is 11.5 Å². The first-order chi connectivity index (χ1) is 9.63. The van der Waals surface area contributed by atoms with Crippen LogP contribution in [0.25, 0.3) is 0 Å². The number of aromatic nitrogens is 1. The number of fused-ring (bicyclic) bond motifs is 1. The quantitative estimate of drug-likeness (QED) is 0.907. The molecule has 1 aliphatic rings. The van der Waals surface area contributed by atoms with Gasteiger partial charge in [-0.05, 0) is 29.8 Å². The third kappa shape index (κ3) is 2.76. The van der Waals surface area contributed by atoms with Gasteiger partial charge in [-0.3, -0.25) is 0 Å². The van der Waals surface area contributed by atoms with Gasteiger partial charge in [-0.25, -0.2) is 4.98 Å². The van der Waals surface area contributed by atoms with E-state index in [1.165, 1.54) is 4.88 Å². The number of rotatable bonds is 3. The molecule has 0 fully saturated rings. The Balaban J connectivity index is 1.79. The lowest BCUT2D eigenvalue weighted by Crippen LogP contribution is -2.15. The molecule has 0 saturated heterocycles. The second kappa shape index (κ2) is 5.61. The molecule has 6 heteroatoms. The fraction of sp³-hybridized carbons (Fsp3) is 0.357. The first kappa shape index (κ1) is 13.7. The second-order valence-corrected chi connectivity index (χ2v) is 6.71. The summed E-state index contributed by atoms with van der Waals surface area (Å²) >= 11 is 5.29. The monoisotopic (exact) mass is 354 g/mol. The van der Waals surface area contributed by atoms with Crippen LogP contribution in [0.3, 0.4) is 0 Å². The lowest BCUT2D eigenvalue weighted by atomic mass is 10.2. The molecular weight excluding hydrogens is 340 g/mol. The topological polar surface area (TPSA) is 43.4 Å². The fourth-order valence-electron chi connectivity index (χ4n) is 2.11. The number of nitrogens with zero attached hydrogens (tertiary/aromatic N) is 1. The first-order valence-electron chi connectivity index (χ1n) is 6.39. The van der Waals surface area contributed by atoms with Crippen molar-refractivity contribution in [2.45, 2.75) is 20.4 Å². The number of hydrogen-bond donors (Lipinski definition) is 1. The molecule has 0 amide bonds. The standard InChI is InChI=1S/C14H15BrN2O2S/c1-8-14(20-9(2)17-8)7-16-11-6-13-12(5-10(11)15)18-3-4-19-13/h5-6,16H,3-4,7H2,1-2H3. The molecule has 1 aromatic carbocycles. The fourth-order valence-corrected chi connectivity index (χ4v) is 3.45. The second-order valence-electron chi connectivity index (χ2n) is 4.57. The van der Waals surface area contributed by atoms with Gasteiger partial charge in [-0.1, -0.05) is 0 Å². The minimum absolute atomic E-state index is 0.598. The summed E-state index contributed by atoms with van der Waals surface area (Å²) < 4.78 is 12.1. The van der Waals surface area contributed by atoms with E-state index in [0.29, 0.717) is 13.2 Å². The van der Waals surface area contributed by atoms with Gasteiger partial charge in [0.2, 0.25) is 0 Å². The molecule has 3 rings (SSSR count). The predicted octanol–water partition coefficient (Wildman–Crippen LogP) is 3.91. The van der Waals surface area contributed by atoms with Gasteiger partial charge >= 0.3 is 0 Å². The summed E-state index contributed by atoms with van der Waals surface area (Å²) in [4.78, 5) is 5.69. The van der Waals surface area contributed by atoms with E-state index >= 15 is 0 Å². The number of aryl methyl sites for hydroxylation is 2. The molecule has 0 spiro atoms. The number of hydrogen-bond acceptors (Lipinski definition) is 5. The predicted molar refractivity (Wildman–Crippen MR) is 84.0 cm³/mol. The largest absolute Gasteiger partial charge is 0.486 e. The Labute approximate surface area is 130 Å². The Bertz CT molecular complexity index is 642. The third-order valence-corrected chi connectivity index (χ3v) is 4.80. The van der Waals surface area contributed by atoms with Crippen molar-refractivity contribution < 1.29 is 9.47 Å². The van der Waals surface area contributed by atoms with Gasteiger partial charge in [-0.2, -0.15) is 0 Å². The number of anilines is 1. The van der Waals surface area contributed by atoms with Crippen LogP contribution in [0.15, 0.2) is 16.6 Å². The molecule has 4 nitrogen and oxygen atoms in total. The van der Waals surface area contributed by atoms with Crippen LogP contribution < -0.4 is 14.8 Å². The maximum absolute atomic E-state index is 5.60. The van der Waals surface area contributed by atoms with Gasteiger partial charge in [0.1, 0.15) is 13.2 Å². The summed E-state index contributed by atoms with van der Waals surface area (Å²) in [6.45, 7) is 6.03. The van der Waals surface area contributed by atoms with Crippen LogP contribution >= 0.6 is 27.3 Å². The van der Waals surface area contributed by atoms with E-state index < -0.39 is 0 Å². The SMILES string of the molecule is Cc1nc(C)c(CNc2cc3c(cc2Br)OCCO3)s1. The lowest BCUT2D eigenvalue weighted by Gasteiger charge is -2.20. The summed E-state index contributed by atoms with van der Waals surface area (Å²) in [5, 5.41) is 4.52. The van der Waals surface area contributed by atoms with Crippen LogP contribution in [0, 0.1) is 13.8 Å². The average molecular weight is 355 g/mol. The van der Waals surface area contributed by atoms with Crippen LogP contribution in [0.5, 0.6) is 11.5 Å². The van der Waals surface area contributed by atoms with Gasteiger partial charge in [0.05, 0.1) is 22.9 Å². The van der Waals surface area contributed by atoms with E-state index in [0.717, 1.165) is 38.9 Å². The van der Waals surface area contributed by atoms with Crippen molar-refractivity contribution in [3.05, 3.63) is 32.2 Å². The molecule has 0 aliphatic carbocycles. The van der Waals surface area contributed by atoms with Crippen molar-refractivity contribution in [3.8, 4) is 11.5 Å².